The summed E-state index contributed by atoms with van der Waals surface area (Å²) in [6, 6.07) is 0. The summed E-state index contributed by atoms with van der Waals surface area (Å²) in [6.45, 7) is 5.57. The van der Waals surface area contributed by atoms with Gasteiger partial charge in [-0.25, -0.2) is 4.57 Å². The zero-order valence-corrected chi connectivity index (χ0v) is 37.6. The van der Waals surface area contributed by atoms with Crippen molar-refractivity contribution in [1.82, 2.24) is 0 Å². The van der Waals surface area contributed by atoms with Crippen molar-refractivity contribution in [1.29, 1.82) is 0 Å². The second-order valence-corrected chi connectivity index (χ2v) is 17.9. The molecule has 0 aliphatic heterocycles. The largest absolute Gasteiger partial charge is 0.472 e. The predicted octanol–water partition coefficient (Wildman–Crippen LogP) is 13.4. The van der Waals surface area contributed by atoms with E-state index in [1.807, 2.05) is 21.1 Å². The smallest absolute Gasteiger partial charge is 0.457 e. The maximum absolute atomic E-state index is 12.5. The van der Waals surface area contributed by atoms with Gasteiger partial charge in [-0.05, 0) is 51.4 Å². The number of unbranched alkanes of at least 4 members (excludes halogenated alkanes) is 22. The molecule has 0 fully saturated rings. The number of quaternary nitrogens is 1. The van der Waals surface area contributed by atoms with E-state index < -0.39 is 13.9 Å². The molecule has 0 rings (SSSR count). The molecule has 55 heavy (non-hydrogen) atoms. The number of allylic oxidation sites excluding steroid dienone is 6. The molecule has 0 heterocycles. The number of likely N-dealkylation sites (N-methyl/N-ethyl adjacent to an activating group) is 1. The van der Waals surface area contributed by atoms with Crippen LogP contribution in [0.5, 0.6) is 0 Å². The second kappa shape index (κ2) is 39.5. The Morgan fingerprint density at radius 2 is 1.00 bits per heavy atom. The van der Waals surface area contributed by atoms with Crippen LogP contribution in [-0.2, 0) is 27.9 Å². The van der Waals surface area contributed by atoms with Crippen molar-refractivity contribution in [3.8, 4) is 0 Å². The number of phosphoric acid groups is 1. The first-order chi connectivity index (χ1) is 26.6. The lowest BCUT2D eigenvalue weighted by molar-refractivity contribution is -0.870. The summed E-state index contributed by atoms with van der Waals surface area (Å²) in [4.78, 5) is 22.7. The van der Waals surface area contributed by atoms with Gasteiger partial charge in [0.25, 0.3) is 0 Å². The van der Waals surface area contributed by atoms with Gasteiger partial charge in [-0.15, -0.1) is 0 Å². The van der Waals surface area contributed by atoms with Crippen LogP contribution in [0, 0.1) is 0 Å². The molecule has 0 aliphatic carbocycles. The van der Waals surface area contributed by atoms with E-state index >= 15 is 0 Å². The minimum atomic E-state index is -4.26. The highest BCUT2D eigenvalue weighted by atomic mass is 31.2. The Labute approximate surface area is 340 Å². The molecule has 0 saturated heterocycles. The zero-order chi connectivity index (χ0) is 40.6. The highest BCUT2D eigenvalue weighted by Crippen LogP contribution is 2.43. The highest BCUT2D eigenvalue weighted by molar-refractivity contribution is 7.47. The molecule has 2 atom stereocenters. The number of esters is 1. The fourth-order valence-corrected chi connectivity index (χ4v) is 6.89. The lowest BCUT2D eigenvalue weighted by atomic mass is 10.1. The Bertz CT molecular complexity index is 978. The number of hydrogen-bond donors (Lipinski definition) is 1. The van der Waals surface area contributed by atoms with Gasteiger partial charge in [0.2, 0.25) is 0 Å². The van der Waals surface area contributed by atoms with Crippen molar-refractivity contribution < 1.29 is 37.3 Å². The van der Waals surface area contributed by atoms with Crippen molar-refractivity contribution in [3.05, 3.63) is 36.5 Å². The van der Waals surface area contributed by atoms with Gasteiger partial charge >= 0.3 is 13.8 Å². The van der Waals surface area contributed by atoms with Crippen LogP contribution in [0.3, 0.4) is 0 Å². The lowest BCUT2D eigenvalue weighted by Gasteiger charge is -2.24. The molecule has 0 aromatic carbocycles. The topological polar surface area (TPSA) is 91.3 Å². The molecule has 0 spiro atoms. The number of nitrogens with zero attached hydrogens (tertiary/aromatic N) is 1. The maximum atomic E-state index is 12.5. The van der Waals surface area contributed by atoms with Crippen LogP contribution in [0.1, 0.15) is 194 Å². The third-order valence-corrected chi connectivity index (χ3v) is 10.7. The van der Waals surface area contributed by atoms with E-state index in [1.54, 1.807) is 0 Å². The van der Waals surface area contributed by atoms with Gasteiger partial charge in [-0.3, -0.25) is 13.8 Å². The van der Waals surface area contributed by atoms with Crippen molar-refractivity contribution in [2.75, 3.05) is 54.1 Å². The third kappa shape index (κ3) is 43.7. The standard InChI is InChI=1S/C46H88NO7P/c1-6-8-10-12-14-15-16-17-18-19-20-21-22-23-24-25-26-27-28-29-30-31-32-34-36-38-41-51-43-45(44-53-55(49,50)52-42-40-47(3,4)5)54-46(48)39-37-35-33-13-11-9-7-2/h16-17,19-20,22-23,45H,6-15,18,21,24-44H2,1-5H3/p+1/b17-16-,20-19-,23-22-. The lowest BCUT2D eigenvalue weighted by Crippen LogP contribution is -2.37. The molecular weight excluding hydrogens is 709 g/mol. The van der Waals surface area contributed by atoms with Gasteiger partial charge in [0.1, 0.15) is 19.3 Å². The Balaban J connectivity index is 3.98. The Kier molecular flexibility index (Phi) is 38.6. The quantitative estimate of drug-likeness (QED) is 0.0216. The fourth-order valence-electron chi connectivity index (χ4n) is 6.15. The molecule has 0 radical (unpaired) electrons. The average Bonchev–Trinajstić information content (AvgIpc) is 3.13. The SMILES string of the molecule is CCCCCCC/C=C\C/C=C\C/C=C\CCCCCCCCCCCCCOCC(COP(=O)(O)OCC[N+](C)(C)C)OC(=O)CCCCCCCCC. The molecule has 9 heteroatoms. The van der Waals surface area contributed by atoms with E-state index in [9.17, 15) is 14.3 Å². The number of carbonyl (C=O) groups excluding carboxylic acids is 1. The van der Waals surface area contributed by atoms with E-state index in [-0.39, 0.29) is 25.8 Å². The monoisotopic (exact) mass is 799 g/mol. The van der Waals surface area contributed by atoms with E-state index in [0.717, 1.165) is 44.9 Å². The first-order valence-electron chi connectivity index (χ1n) is 22.7. The molecule has 0 aromatic heterocycles. The summed E-state index contributed by atoms with van der Waals surface area (Å²) >= 11 is 0. The summed E-state index contributed by atoms with van der Waals surface area (Å²) in [5.74, 6) is -0.321. The highest BCUT2D eigenvalue weighted by Gasteiger charge is 2.26. The van der Waals surface area contributed by atoms with Gasteiger partial charge in [0.15, 0.2) is 0 Å². The summed E-state index contributed by atoms with van der Waals surface area (Å²) in [5.41, 5.74) is 0. The van der Waals surface area contributed by atoms with Gasteiger partial charge in [-0.1, -0.05) is 172 Å². The molecule has 2 unspecified atom stereocenters. The first kappa shape index (κ1) is 53.7. The van der Waals surface area contributed by atoms with Crippen LogP contribution >= 0.6 is 7.82 Å². The molecule has 0 amide bonds. The molecule has 0 bridgehead atoms. The van der Waals surface area contributed by atoms with Crippen molar-refractivity contribution in [2.45, 2.75) is 200 Å². The van der Waals surface area contributed by atoms with E-state index in [1.165, 1.54) is 128 Å². The number of carbonyl (C=O) groups is 1. The number of hydrogen-bond acceptors (Lipinski definition) is 6. The molecule has 1 N–H and O–H groups in total. The summed E-state index contributed by atoms with van der Waals surface area (Å²) in [5, 5.41) is 0. The molecule has 0 saturated carbocycles. The van der Waals surface area contributed by atoms with Crippen LogP contribution in [-0.4, -0.2) is 75.6 Å². The van der Waals surface area contributed by atoms with Gasteiger partial charge in [-0.2, -0.15) is 0 Å². The summed E-state index contributed by atoms with van der Waals surface area (Å²) in [6.07, 6.45) is 46.3. The Morgan fingerprint density at radius 1 is 0.564 bits per heavy atom. The summed E-state index contributed by atoms with van der Waals surface area (Å²) < 4.78 is 34.8. The molecule has 0 aliphatic rings. The van der Waals surface area contributed by atoms with Crippen LogP contribution in [0.15, 0.2) is 36.5 Å². The fraction of sp³-hybridized carbons (Fsp3) is 0.848. The molecule has 0 aromatic rings. The van der Waals surface area contributed by atoms with Crippen molar-refractivity contribution >= 4 is 13.8 Å². The van der Waals surface area contributed by atoms with Crippen LogP contribution in [0.2, 0.25) is 0 Å². The molecule has 8 nitrogen and oxygen atoms in total. The van der Waals surface area contributed by atoms with E-state index in [0.29, 0.717) is 24.1 Å². The molecular formula is C46H89NO7P+. The van der Waals surface area contributed by atoms with Crippen LogP contribution < -0.4 is 0 Å². The van der Waals surface area contributed by atoms with Crippen molar-refractivity contribution in [2.24, 2.45) is 0 Å². The average molecular weight is 799 g/mol. The van der Waals surface area contributed by atoms with Gasteiger partial charge < -0.3 is 18.9 Å². The van der Waals surface area contributed by atoms with Crippen LogP contribution in [0.4, 0.5) is 0 Å². The number of phosphoric ester groups is 1. The van der Waals surface area contributed by atoms with Crippen LogP contribution in [0.25, 0.3) is 0 Å². The normalized spacial score (nSPS) is 14.1. The van der Waals surface area contributed by atoms with E-state index in [4.69, 9.17) is 18.5 Å². The first-order valence-corrected chi connectivity index (χ1v) is 24.2. The zero-order valence-electron chi connectivity index (χ0n) is 36.7. The minimum Gasteiger partial charge on any atom is -0.457 e. The second-order valence-electron chi connectivity index (χ2n) is 16.4. The van der Waals surface area contributed by atoms with E-state index in [2.05, 4.69) is 50.3 Å². The van der Waals surface area contributed by atoms with Gasteiger partial charge in [0, 0.05) is 13.0 Å². The number of ether oxygens (including phenoxy) is 2. The Hall–Kier alpha value is -1.28. The summed E-state index contributed by atoms with van der Waals surface area (Å²) in [7, 11) is 1.67. The van der Waals surface area contributed by atoms with Gasteiger partial charge in [0.05, 0.1) is 34.4 Å². The predicted molar refractivity (Wildman–Crippen MR) is 233 cm³/mol. The maximum Gasteiger partial charge on any atom is 0.472 e. The molecule has 324 valence electrons. The number of rotatable bonds is 42. The third-order valence-electron chi connectivity index (χ3n) is 9.70. The minimum absolute atomic E-state index is 0.0886. The Morgan fingerprint density at radius 3 is 1.49 bits per heavy atom. The van der Waals surface area contributed by atoms with Crippen molar-refractivity contribution in [3.63, 3.8) is 0 Å².